The molecule has 1 N–H and O–H groups in total. The first-order chi connectivity index (χ1) is 8.01. The summed E-state index contributed by atoms with van der Waals surface area (Å²) < 4.78 is 1.01. The predicted octanol–water partition coefficient (Wildman–Crippen LogP) is 4.34. The van der Waals surface area contributed by atoms with Gasteiger partial charge in [-0.25, -0.2) is 0 Å². The number of hydrogen-bond donors (Lipinski definition) is 1. The van der Waals surface area contributed by atoms with Gasteiger partial charge >= 0.3 is 0 Å². The third kappa shape index (κ3) is 3.46. The monoisotopic (exact) mass is 299 g/mol. The smallest absolute Gasteiger partial charge is 0.120 e. The average Bonchev–Trinajstić information content (AvgIpc) is 2.32. The highest BCUT2D eigenvalue weighted by Gasteiger charge is 2.21. The summed E-state index contributed by atoms with van der Waals surface area (Å²) in [6.45, 7) is 9.73. The van der Waals surface area contributed by atoms with Crippen LogP contribution in [0.5, 0.6) is 5.75 Å². The second kappa shape index (κ2) is 6.41. The Kier molecular flexibility index (Phi) is 5.47. The topological polar surface area (TPSA) is 23.5 Å². The van der Waals surface area contributed by atoms with Gasteiger partial charge in [0.25, 0.3) is 0 Å². The lowest BCUT2D eigenvalue weighted by Crippen LogP contribution is -2.34. The average molecular weight is 300 g/mol. The fourth-order valence-electron chi connectivity index (χ4n) is 2.24. The van der Waals surface area contributed by atoms with Gasteiger partial charge in [0.15, 0.2) is 0 Å². The summed E-state index contributed by atoms with van der Waals surface area (Å²) in [5.74, 6) is 0.377. The van der Waals surface area contributed by atoms with E-state index in [9.17, 15) is 5.11 Å². The zero-order valence-corrected chi connectivity index (χ0v) is 12.7. The number of benzene rings is 1. The molecule has 0 heterocycles. The molecule has 1 aromatic carbocycles. The van der Waals surface area contributed by atoms with Crippen LogP contribution in [-0.4, -0.2) is 22.6 Å². The number of halogens is 1. The number of aromatic hydroxyl groups is 1. The second-order valence-electron chi connectivity index (χ2n) is 4.47. The Labute approximate surface area is 113 Å². The van der Waals surface area contributed by atoms with E-state index in [1.165, 1.54) is 0 Å². The normalized spacial score (nSPS) is 14.9. The lowest BCUT2D eigenvalue weighted by Gasteiger charge is -2.33. The first-order valence-electron chi connectivity index (χ1n) is 6.25. The van der Waals surface area contributed by atoms with E-state index in [4.69, 9.17) is 0 Å². The van der Waals surface area contributed by atoms with Crippen LogP contribution in [0.3, 0.4) is 0 Å². The molecule has 2 unspecified atom stereocenters. The Morgan fingerprint density at radius 1 is 1.29 bits per heavy atom. The number of nitrogens with zero attached hydrogens (tertiary/aromatic N) is 1. The number of hydrogen-bond acceptors (Lipinski definition) is 2. The van der Waals surface area contributed by atoms with E-state index in [0.29, 0.717) is 11.8 Å². The van der Waals surface area contributed by atoms with Crippen LogP contribution in [0, 0.1) is 0 Å². The minimum atomic E-state index is 0.229. The molecule has 0 radical (unpaired) electrons. The molecule has 2 nitrogen and oxygen atoms in total. The molecule has 1 aromatic rings. The fraction of sp³-hybridized carbons (Fsp3) is 0.571. The Balaban J connectivity index is 3.00. The van der Waals surface area contributed by atoms with Gasteiger partial charge < -0.3 is 5.11 Å². The first kappa shape index (κ1) is 14.5. The van der Waals surface area contributed by atoms with Crippen LogP contribution in [0.15, 0.2) is 22.7 Å². The molecule has 3 heteroatoms. The van der Waals surface area contributed by atoms with E-state index < -0.39 is 0 Å². The van der Waals surface area contributed by atoms with E-state index in [2.05, 4.69) is 48.5 Å². The molecule has 0 bridgehead atoms. The molecular formula is C14H22BrNO. The van der Waals surface area contributed by atoms with Gasteiger partial charge in [0.2, 0.25) is 0 Å². The van der Waals surface area contributed by atoms with Crippen molar-refractivity contribution in [3.8, 4) is 5.75 Å². The molecule has 0 amide bonds. The largest absolute Gasteiger partial charge is 0.508 e. The van der Waals surface area contributed by atoms with Crippen molar-refractivity contribution in [2.45, 2.75) is 46.2 Å². The van der Waals surface area contributed by atoms with Crippen molar-refractivity contribution in [2.75, 3.05) is 6.54 Å². The van der Waals surface area contributed by atoms with Gasteiger partial charge in [-0.1, -0.05) is 29.8 Å². The van der Waals surface area contributed by atoms with Gasteiger partial charge in [-0.15, -0.1) is 0 Å². The quantitative estimate of drug-likeness (QED) is 0.874. The second-order valence-corrected chi connectivity index (χ2v) is 5.38. The summed E-state index contributed by atoms with van der Waals surface area (Å²) in [5, 5.41) is 9.96. The van der Waals surface area contributed by atoms with Crippen molar-refractivity contribution in [1.82, 2.24) is 4.90 Å². The van der Waals surface area contributed by atoms with Crippen molar-refractivity contribution >= 4 is 15.9 Å². The van der Waals surface area contributed by atoms with Gasteiger partial charge in [-0.3, -0.25) is 4.90 Å². The van der Waals surface area contributed by atoms with E-state index in [1.54, 1.807) is 6.07 Å². The van der Waals surface area contributed by atoms with Gasteiger partial charge in [0.1, 0.15) is 5.75 Å². The molecule has 2 atom stereocenters. The molecule has 0 saturated heterocycles. The number of rotatable bonds is 5. The van der Waals surface area contributed by atoms with Crippen molar-refractivity contribution in [1.29, 1.82) is 0 Å². The maximum atomic E-state index is 9.96. The molecule has 0 aromatic heterocycles. The number of phenols is 1. The Bertz CT molecular complexity index is 367. The van der Waals surface area contributed by atoms with Gasteiger partial charge in [-0.05, 0) is 45.0 Å². The summed E-state index contributed by atoms with van der Waals surface area (Å²) in [6, 6.07) is 6.37. The predicted molar refractivity (Wildman–Crippen MR) is 76.4 cm³/mol. The maximum Gasteiger partial charge on any atom is 0.120 e. The summed E-state index contributed by atoms with van der Waals surface area (Å²) in [4.78, 5) is 2.40. The number of phenolic OH excluding ortho intramolecular Hbond substituents is 1. The zero-order chi connectivity index (χ0) is 13.0. The molecule has 0 aliphatic carbocycles. The minimum Gasteiger partial charge on any atom is -0.508 e. The van der Waals surface area contributed by atoms with Crippen molar-refractivity contribution < 1.29 is 5.11 Å². The highest BCUT2D eigenvalue weighted by atomic mass is 79.9. The highest BCUT2D eigenvalue weighted by molar-refractivity contribution is 9.10. The van der Waals surface area contributed by atoms with Crippen molar-refractivity contribution in [3.63, 3.8) is 0 Å². The van der Waals surface area contributed by atoms with E-state index in [1.807, 2.05) is 12.1 Å². The van der Waals surface area contributed by atoms with Crippen LogP contribution in [0.4, 0.5) is 0 Å². The molecule has 0 aliphatic rings. The van der Waals surface area contributed by atoms with Crippen LogP contribution < -0.4 is 0 Å². The van der Waals surface area contributed by atoms with Crippen LogP contribution in [0.25, 0.3) is 0 Å². The molecular weight excluding hydrogens is 278 g/mol. The van der Waals surface area contributed by atoms with Gasteiger partial charge in [-0.2, -0.15) is 0 Å². The maximum absolute atomic E-state index is 9.96. The van der Waals surface area contributed by atoms with Crippen LogP contribution in [0.1, 0.15) is 45.7 Å². The summed E-state index contributed by atoms with van der Waals surface area (Å²) in [6.07, 6.45) is 1.12. The third-order valence-corrected chi connectivity index (χ3v) is 3.95. The molecule has 0 spiro atoms. The van der Waals surface area contributed by atoms with Gasteiger partial charge in [0.05, 0.1) is 0 Å². The fourth-order valence-corrected chi connectivity index (χ4v) is 2.62. The molecule has 0 fully saturated rings. The summed E-state index contributed by atoms with van der Waals surface area (Å²) >= 11 is 3.46. The Morgan fingerprint density at radius 3 is 2.47 bits per heavy atom. The van der Waals surface area contributed by atoms with Crippen LogP contribution >= 0.6 is 15.9 Å². The lowest BCUT2D eigenvalue weighted by atomic mass is 10.0. The lowest BCUT2D eigenvalue weighted by molar-refractivity contribution is 0.157. The summed E-state index contributed by atoms with van der Waals surface area (Å²) in [5.41, 5.74) is 0.988. The van der Waals surface area contributed by atoms with Crippen LogP contribution in [0.2, 0.25) is 0 Å². The summed E-state index contributed by atoms with van der Waals surface area (Å²) in [7, 11) is 0. The van der Waals surface area contributed by atoms with E-state index in [-0.39, 0.29) is 6.04 Å². The highest BCUT2D eigenvalue weighted by Crippen LogP contribution is 2.32. The Hall–Kier alpha value is -0.540. The molecule has 0 saturated carbocycles. The van der Waals surface area contributed by atoms with Crippen molar-refractivity contribution in [3.05, 3.63) is 28.2 Å². The minimum absolute atomic E-state index is 0.229. The van der Waals surface area contributed by atoms with Crippen LogP contribution in [-0.2, 0) is 0 Å². The molecule has 0 aliphatic heterocycles. The first-order valence-corrected chi connectivity index (χ1v) is 7.04. The third-order valence-electron chi connectivity index (χ3n) is 3.46. The van der Waals surface area contributed by atoms with Crippen molar-refractivity contribution in [2.24, 2.45) is 0 Å². The molecule has 17 heavy (non-hydrogen) atoms. The molecule has 1 rings (SSSR count). The van der Waals surface area contributed by atoms with E-state index >= 15 is 0 Å². The SMILES string of the molecule is CCC(C)N(CC)C(C)c1cc(Br)ccc1O. The standard InChI is InChI=1S/C14H22BrNO/c1-5-10(3)16(6-2)11(4)13-9-12(15)7-8-14(13)17/h7-11,17H,5-6H2,1-4H3. The van der Waals surface area contributed by atoms with E-state index in [0.717, 1.165) is 23.0 Å². The zero-order valence-electron chi connectivity index (χ0n) is 11.1. The molecule has 96 valence electrons. The Morgan fingerprint density at radius 2 is 1.94 bits per heavy atom. The van der Waals surface area contributed by atoms with Gasteiger partial charge in [0, 0.05) is 22.1 Å².